The Hall–Kier alpha value is -3.25. The number of hydrogen-bond acceptors (Lipinski definition) is 7. The number of aromatic nitrogens is 4. The number of imidazole rings is 1. The van der Waals surface area contributed by atoms with Crippen molar-refractivity contribution < 1.29 is 28.2 Å². The Kier molecular flexibility index (Phi) is 5.50. The molecule has 1 aliphatic rings. The molecule has 0 saturated carbocycles. The van der Waals surface area contributed by atoms with Crippen molar-refractivity contribution in [3.63, 3.8) is 0 Å². The van der Waals surface area contributed by atoms with Crippen LogP contribution in [0.1, 0.15) is 12.0 Å². The molecule has 3 aromatic rings. The van der Waals surface area contributed by atoms with Crippen LogP contribution in [0.3, 0.4) is 0 Å². The second kappa shape index (κ2) is 8.12. The van der Waals surface area contributed by atoms with Crippen LogP contribution in [-0.2, 0) is 11.0 Å². The topological polar surface area (TPSA) is 116 Å². The number of aliphatic hydroxyl groups is 2. The van der Waals surface area contributed by atoms with Gasteiger partial charge in [0, 0.05) is 31.5 Å². The predicted octanol–water partition coefficient (Wildman–Crippen LogP) is 0.858. The van der Waals surface area contributed by atoms with Crippen LogP contribution in [0, 0.1) is 0 Å². The summed E-state index contributed by atoms with van der Waals surface area (Å²) in [6.07, 6.45) is -1.11. The van der Waals surface area contributed by atoms with Gasteiger partial charge in [-0.15, -0.1) is 0 Å². The van der Waals surface area contributed by atoms with Crippen LogP contribution in [0.5, 0.6) is 0 Å². The van der Waals surface area contributed by atoms with Gasteiger partial charge in [0.05, 0.1) is 17.9 Å². The number of β-amino-alcohol motifs (C(OH)–C–C–N with tert-alkyl or cyclic N) is 1. The van der Waals surface area contributed by atoms with Crippen LogP contribution in [0.4, 0.5) is 19.0 Å². The average molecular weight is 436 g/mol. The van der Waals surface area contributed by atoms with Crippen LogP contribution in [0.2, 0.25) is 0 Å². The summed E-state index contributed by atoms with van der Waals surface area (Å²) < 4.78 is 40.6. The zero-order valence-electron chi connectivity index (χ0n) is 16.1. The van der Waals surface area contributed by atoms with Crippen molar-refractivity contribution >= 4 is 17.4 Å². The summed E-state index contributed by atoms with van der Waals surface area (Å²) >= 11 is 0. The number of halogens is 3. The molecule has 4 rings (SSSR count). The highest BCUT2D eigenvalue weighted by Crippen LogP contribution is 2.30. The number of nitrogens with zero attached hydrogens (tertiary/aromatic N) is 5. The number of piperidine rings is 1. The Morgan fingerprint density at radius 3 is 2.77 bits per heavy atom. The van der Waals surface area contributed by atoms with Crippen LogP contribution in [0.15, 0.2) is 36.8 Å². The Morgan fingerprint density at radius 2 is 2.03 bits per heavy atom. The summed E-state index contributed by atoms with van der Waals surface area (Å²) in [5.74, 6) is 0.0582. The third kappa shape index (κ3) is 4.44. The fourth-order valence-corrected chi connectivity index (χ4v) is 3.60. The molecule has 3 aromatic heterocycles. The summed E-state index contributed by atoms with van der Waals surface area (Å²) in [6, 6.07) is 3.44. The first-order chi connectivity index (χ1) is 14.7. The Morgan fingerprint density at radius 1 is 1.23 bits per heavy atom. The number of nitrogens with one attached hydrogen (secondary N) is 1. The van der Waals surface area contributed by atoms with Crippen molar-refractivity contribution in [3.8, 4) is 11.5 Å². The number of carbonyl (C=O) groups is 1. The molecule has 31 heavy (non-hydrogen) atoms. The normalized spacial score (nSPS) is 19.6. The third-order valence-electron chi connectivity index (χ3n) is 4.96. The van der Waals surface area contributed by atoms with E-state index in [1.54, 1.807) is 11.0 Å². The maximum Gasteiger partial charge on any atom is 0.417 e. The van der Waals surface area contributed by atoms with Gasteiger partial charge < -0.3 is 20.4 Å². The molecule has 9 nitrogen and oxygen atoms in total. The molecular weight excluding hydrogens is 417 g/mol. The Balaban J connectivity index is 1.65. The average Bonchev–Trinajstić information content (AvgIpc) is 3.16. The summed E-state index contributed by atoms with van der Waals surface area (Å²) in [7, 11) is 0. The smallest absolute Gasteiger partial charge is 0.391 e. The number of alkyl halides is 3. The van der Waals surface area contributed by atoms with E-state index in [0.717, 1.165) is 12.3 Å². The molecule has 1 aliphatic heterocycles. The SMILES string of the molecule is O=C(CO)N[C@H]1C[C@H](O)CN(c2ccnc(-c3cnc4ccc(C(F)(F)F)cn34)n2)C1. The molecule has 2 atom stereocenters. The van der Waals surface area contributed by atoms with Gasteiger partial charge in [-0.3, -0.25) is 9.20 Å². The number of rotatable bonds is 4. The summed E-state index contributed by atoms with van der Waals surface area (Å²) in [5.41, 5.74) is -0.222. The van der Waals surface area contributed by atoms with Crippen molar-refractivity contribution in [3.05, 3.63) is 42.4 Å². The molecule has 0 radical (unpaired) electrons. The van der Waals surface area contributed by atoms with Crippen molar-refractivity contribution in [2.24, 2.45) is 0 Å². The summed E-state index contributed by atoms with van der Waals surface area (Å²) in [4.78, 5) is 26.0. The largest absolute Gasteiger partial charge is 0.417 e. The van der Waals surface area contributed by atoms with Gasteiger partial charge in [0.25, 0.3) is 0 Å². The van der Waals surface area contributed by atoms with Crippen LogP contribution < -0.4 is 10.2 Å². The quantitative estimate of drug-likeness (QED) is 0.556. The van der Waals surface area contributed by atoms with Crippen molar-refractivity contribution in [2.45, 2.75) is 24.7 Å². The van der Waals surface area contributed by atoms with Gasteiger partial charge in [-0.1, -0.05) is 0 Å². The molecule has 4 heterocycles. The molecule has 12 heteroatoms. The lowest BCUT2D eigenvalue weighted by Crippen LogP contribution is -2.53. The molecular formula is C19H19F3N6O3. The Labute approximate surface area is 174 Å². The Bertz CT molecular complexity index is 1100. The van der Waals surface area contributed by atoms with Gasteiger partial charge in [-0.25, -0.2) is 15.0 Å². The lowest BCUT2D eigenvalue weighted by molar-refractivity contribution is -0.137. The number of hydrogen-bond donors (Lipinski definition) is 3. The van der Waals surface area contributed by atoms with Gasteiger partial charge in [-0.05, 0) is 24.6 Å². The van der Waals surface area contributed by atoms with Crippen LogP contribution in [0.25, 0.3) is 17.2 Å². The highest BCUT2D eigenvalue weighted by molar-refractivity contribution is 5.77. The first kappa shape index (κ1) is 21.0. The van der Waals surface area contributed by atoms with E-state index in [2.05, 4.69) is 20.3 Å². The number of anilines is 1. The van der Waals surface area contributed by atoms with Gasteiger partial charge in [0.2, 0.25) is 5.91 Å². The minimum Gasteiger partial charge on any atom is -0.391 e. The van der Waals surface area contributed by atoms with E-state index < -0.39 is 36.4 Å². The molecule has 0 aromatic carbocycles. The number of carbonyl (C=O) groups excluding carboxylic acids is 1. The molecule has 1 saturated heterocycles. The number of amides is 1. The summed E-state index contributed by atoms with van der Waals surface area (Å²) in [5, 5.41) is 21.7. The molecule has 0 unspecified atom stereocenters. The van der Waals surface area contributed by atoms with Gasteiger partial charge in [0.1, 0.15) is 23.8 Å². The molecule has 1 amide bonds. The first-order valence-corrected chi connectivity index (χ1v) is 9.45. The third-order valence-corrected chi connectivity index (χ3v) is 4.96. The number of pyridine rings is 1. The highest BCUT2D eigenvalue weighted by atomic mass is 19.4. The zero-order valence-corrected chi connectivity index (χ0v) is 16.1. The molecule has 1 fully saturated rings. The van der Waals surface area contributed by atoms with E-state index in [-0.39, 0.29) is 18.1 Å². The molecule has 164 valence electrons. The van der Waals surface area contributed by atoms with Crippen LogP contribution >= 0.6 is 0 Å². The van der Waals surface area contributed by atoms with Crippen molar-refractivity contribution in [2.75, 3.05) is 24.6 Å². The number of fused-ring (bicyclic) bond motifs is 1. The monoisotopic (exact) mass is 436 g/mol. The standard InChI is InChI=1S/C19H19F3N6O3/c20-19(21,22)11-1-2-15-24-6-14(28(15)7-11)18-23-4-3-16(26-18)27-8-12(5-13(30)9-27)25-17(31)10-29/h1-4,6-7,12-13,29-30H,5,8-10H2,(H,25,31)/t12-,13-/m0/s1. The molecule has 3 N–H and O–H groups in total. The number of aliphatic hydroxyl groups excluding tert-OH is 2. The second-order valence-corrected chi connectivity index (χ2v) is 7.24. The van der Waals surface area contributed by atoms with E-state index in [9.17, 15) is 23.1 Å². The van der Waals surface area contributed by atoms with E-state index in [1.165, 1.54) is 22.9 Å². The van der Waals surface area contributed by atoms with E-state index >= 15 is 0 Å². The molecule has 0 aliphatic carbocycles. The maximum absolute atomic E-state index is 13.1. The predicted molar refractivity (Wildman–Crippen MR) is 103 cm³/mol. The fourth-order valence-electron chi connectivity index (χ4n) is 3.60. The highest BCUT2D eigenvalue weighted by Gasteiger charge is 2.31. The van der Waals surface area contributed by atoms with E-state index in [0.29, 0.717) is 24.4 Å². The first-order valence-electron chi connectivity index (χ1n) is 9.45. The molecule has 0 bridgehead atoms. The lowest BCUT2D eigenvalue weighted by Gasteiger charge is -2.36. The van der Waals surface area contributed by atoms with Crippen LogP contribution in [-0.4, -0.2) is 67.3 Å². The fraction of sp³-hybridized carbons (Fsp3) is 0.368. The van der Waals surface area contributed by atoms with Crippen molar-refractivity contribution in [1.82, 2.24) is 24.7 Å². The maximum atomic E-state index is 13.1. The minimum atomic E-state index is -4.50. The van der Waals surface area contributed by atoms with E-state index in [1.807, 2.05) is 0 Å². The van der Waals surface area contributed by atoms with Gasteiger partial charge in [-0.2, -0.15) is 13.2 Å². The minimum absolute atomic E-state index is 0.167. The molecule has 0 spiro atoms. The van der Waals surface area contributed by atoms with Gasteiger partial charge >= 0.3 is 6.18 Å². The zero-order chi connectivity index (χ0) is 22.2. The van der Waals surface area contributed by atoms with E-state index in [4.69, 9.17) is 5.11 Å². The van der Waals surface area contributed by atoms with Gasteiger partial charge in [0.15, 0.2) is 5.82 Å². The lowest BCUT2D eigenvalue weighted by atomic mass is 10.0. The second-order valence-electron chi connectivity index (χ2n) is 7.24. The van der Waals surface area contributed by atoms with Crippen molar-refractivity contribution in [1.29, 1.82) is 0 Å². The summed E-state index contributed by atoms with van der Waals surface area (Å²) in [6.45, 7) is -0.0591.